The standard InChI is InChI=1S/C41H49N3O10/c1-18-13-15-44-26(17-18)42-30-27-28-36(48)24(7)38-29(27)39(50)41(8,54-38)53-16-14-25(52-9)21(4)34(46)23(6)35(47)22(5)33(45)19(2)11-10-12-20(3)40(51)43-31(32(30)44)37(28)49/h10-17,19,21-23,25,33-35,45-49H,1-9H3,(H,43,51)/t19-,21+,22+,23-,25-,33-,34+,35+,41-/m0/s1. The minimum atomic E-state index is -1.93. The van der Waals surface area contributed by atoms with Crippen molar-refractivity contribution in [3.8, 4) is 17.2 Å². The smallest absolute Gasteiger partial charge is 0.312 e. The first-order valence-corrected chi connectivity index (χ1v) is 18.1. The molecule has 9 atom stereocenters. The number of methoxy groups -OCH3 is 1. The number of ketones is 1. The molecule has 4 aromatic rings. The van der Waals surface area contributed by atoms with Crippen LogP contribution in [0, 0.1) is 37.5 Å². The molecule has 0 radical (unpaired) electrons. The minimum Gasteiger partial charge on any atom is -0.507 e. The summed E-state index contributed by atoms with van der Waals surface area (Å²) in [4.78, 5) is 33.0. The third-order valence-electron chi connectivity index (χ3n) is 11.3. The van der Waals surface area contributed by atoms with Crippen LogP contribution in [0.3, 0.4) is 0 Å². The van der Waals surface area contributed by atoms with Gasteiger partial charge in [0.15, 0.2) is 5.75 Å². The maximum Gasteiger partial charge on any atom is 0.312 e. The molecule has 1 amide bonds. The lowest BCUT2D eigenvalue weighted by Crippen LogP contribution is -2.44. The first-order chi connectivity index (χ1) is 25.4. The zero-order chi connectivity index (χ0) is 39.5. The molecule has 0 saturated heterocycles. The molecule has 0 saturated carbocycles. The number of anilines is 1. The Morgan fingerprint density at radius 3 is 2.28 bits per heavy atom. The second-order valence-electron chi connectivity index (χ2n) is 15.0. The zero-order valence-electron chi connectivity index (χ0n) is 31.9. The minimum absolute atomic E-state index is 0.0318. The Bertz CT molecular complexity index is 2260. The van der Waals surface area contributed by atoms with Crippen molar-refractivity contribution >= 4 is 44.8 Å². The molecule has 2 aromatic heterocycles. The molecule has 0 unspecified atom stereocenters. The van der Waals surface area contributed by atoms with E-state index in [1.54, 1.807) is 70.4 Å². The van der Waals surface area contributed by atoms with Crippen LogP contribution in [0.5, 0.6) is 17.2 Å². The number of benzene rings is 2. The summed E-state index contributed by atoms with van der Waals surface area (Å²) in [6.07, 6.45) is 5.55. The maximum atomic E-state index is 14.5. The Hall–Kier alpha value is -4.95. The molecule has 0 spiro atoms. The summed E-state index contributed by atoms with van der Waals surface area (Å²) < 4.78 is 19.5. The van der Waals surface area contributed by atoms with Gasteiger partial charge in [0.05, 0.1) is 41.6 Å². The van der Waals surface area contributed by atoms with Crippen LogP contribution in [0.4, 0.5) is 5.69 Å². The molecule has 6 rings (SSSR count). The van der Waals surface area contributed by atoms with Crippen molar-refractivity contribution in [2.75, 3.05) is 12.4 Å². The highest BCUT2D eigenvalue weighted by atomic mass is 16.7. The summed E-state index contributed by atoms with van der Waals surface area (Å²) >= 11 is 0. The van der Waals surface area contributed by atoms with E-state index in [0.717, 1.165) is 5.56 Å². The lowest BCUT2D eigenvalue weighted by molar-refractivity contribution is -0.112. The van der Waals surface area contributed by atoms with Gasteiger partial charge in [-0.25, -0.2) is 4.98 Å². The second-order valence-corrected chi connectivity index (χ2v) is 15.0. The Kier molecular flexibility index (Phi) is 10.3. The van der Waals surface area contributed by atoms with Crippen molar-refractivity contribution in [3.63, 3.8) is 0 Å². The number of phenolic OH excluding ortho intramolecular Hbond substituents is 2. The van der Waals surface area contributed by atoms with Gasteiger partial charge in [-0.1, -0.05) is 45.9 Å². The third kappa shape index (κ3) is 6.28. The highest BCUT2D eigenvalue weighted by molar-refractivity contribution is 6.28. The number of ether oxygens (including phenoxy) is 3. The normalized spacial score (nSPS) is 29.9. The van der Waals surface area contributed by atoms with Gasteiger partial charge in [0.2, 0.25) is 0 Å². The number of carbonyl (C=O) groups is 2. The quantitative estimate of drug-likeness (QED) is 0.133. The monoisotopic (exact) mass is 743 g/mol. The molecule has 2 aliphatic rings. The number of aryl methyl sites for hydroxylation is 1. The number of nitrogens with zero attached hydrogens (tertiary/aromatic N) is 2. The predicted octanol–water partition coefficient (Wildman–Crippen LogP) is 5.59. The van der Waals surface area contributed by atoms with E-state index in [2.05, 4.69) is 5.32 Å². The van der Waals surface area contributed by atoms with Crippen LogP contribution >= 0.6 is 0 Å². The Balaban J connectivity index is 1.58. The number of aliphatic hydroxyl groups excluding tert-OH is 3. The van der Waals surface area contributed by atoms with Crippen LogP contribution in [0.15, 0.2) is 54.5 Å². The van der Waals surface area contributed by atoms with Crippen LogP contribution in [-0.2, 0) is 14.3 Å². The van der Waals surface area contributed by atoms with Gasteiger partial charge in [0, 0.05) is 60.4 Å². The summed E-state index contributed by atoms with van der Waals surface area (Å²) in [6, 6.07) is 3.65. The Morgan fingerprint density at radius 2 is 1.59 bits per heavy atom. The zero-order valence-corrected chi connectivity index (χ0v) is 31.9. The lowest BCUT2D eigenvalue weighted by Gasteiger charge is -2.36. The van der Waals surface area contributed by atoms with E-state index in [9.17, 15) is 35.1 Å². The predicted molar refractivity (Wildman–Crippen MR) is 204 cm³/mol. The number of carbonyl (C=O) groups excluding carboxylic acids is 2. The summed E-state index contributed by atoms with van der Waals surface area (Å²) in [5.74, 6) is -6.23. The number of aromatic hydroxyl groups is 2. The molecule has 0 aliphatic carbocycles. The SMILES string of the molecule is CO[C@H]1C=CO[C@@]2(C)Oc3c(C)c(O)c4c(O)c(c5c(nc6cc(C)ccn65)c4c3C2=O)NC(=O)C(C)=CC=C[C@H](C)[C@H](O)[C@@H](C)[C@@H](O)[C@@H](C)[C@H](O)[C@@H]1C. The summed E-state index contributed by atoms with van der Waals surface area (Å²) in [6.45, 7) is 13.4. The van der Waals surface area contributed by atoms with Gasteiger partial charge in [-0.05, 0) is 44.5 Å². The largest absolute Gasteiger partial charge is 0.507 e. The second kappa shape index (κ2) is 14.4. The molecule has 4 heterocycles. The third-order valence-corrected chi connectivity index (χ3v) is 11.3. The van der Waals surface area contributed by atoms with Gasteiger partial charge >= 0.3 is 5.79 Å². The van der Waals surface area contributed by atoms with E-state index in [4.69, 9.17) is 19.2 Å². The van der Waals surface area contributed by atoms with Crippen molar-refractivity contribution in [1.82, 2.24) is 9.38 Å². The molecule has 288 valence electrons. The van der Waals surface area contributed by atoms with Crippen LogP contribution in [-0.4, -0.2) is 83.9 Å². The summed E-state index contributed by atoms with van der Waals surface area (Å²) in [7, 11) is 1.46. The number of phenols is 2. The lowest BCUT2D eigenvalue weighted by atomic mass is 9.78. The first-order valence-electron chi connectivity index (χ1n) is 18.1. The highest BCUT2D eigenvalue weighted by Crippen LogP contribution is 2.54. The molecule has 2 aliphatic heterocycles. The number of fused-ring (bicyclic) bond motifs is 2. The number of hydrogen-bond acceptors (Lipinski definition) is 11. The highest BCUT2D eigenvalue weighted by Gasteiger charge is 2.49. The van der Waals surface area contributed by atoms with Gasteiger partial charge in [-0.2, -0.15) is 0 Å². The number of imidazole rings is 1. The maximum absolute atomic E-state index is 14.5. The van der Waals surface area contributed by atoms with Gasteiger partial charge in [-0.15, -0.1) is 0 Å². The molecule has 2 aromatic carbocycles. The van der Waals surface area contributed by atoms with Crippen LogP contribution in [0.2, 0.25) is 0 Å². The Labute approximate surface area is 313 Å². The van der Waals surface area contributed by atoms with Gasteiger partial charge in [0.1, 0.15) is 33.9 Å². The molecular weight excluding hydrogens is 694 g/mol. The molecule has 54 heavy (non-hydrogen) atoms. The average Bonchev–Trinajstić information content (AvgIpc) is 3.64. The fraction of sp³-hybridized carbons (Fsp3) is 0.439. The van der Waals surface area contributed by atoms with Crippen molar-refractivity contribution in [2.45, 2.75) is 85.6 Å². The van der Waals surface area contributed by atoms with Crippen molar-refractivity contribution in [1.29, 1.82) is 0 Å². The van der Waals surface area contributed by atoms with E-state index in [1.807, 2.05) is 19.1 Å². The molecule has 13 nitrogen and oxygen atoms in total. The molecule has 0 fully saturated rings. The van der Waals surface area contributed by atoms with Gasteiger partial charge < -0.3 is 45.1 Å². The number of amides is 1. The van der Waals surface area contributed by atoms with E-state index in [0.29, 0.717) is 5.65 Å². The van der Waals surface area contributed by atoms with Crippen LogP contribution in [0.25, 0.3) is 27.5 Å². The van der Waals surface area contributed by atoms with E-state index >= 15 is 0 Å². The van der Waals surface area contributed by atoms with E-state index < -0.39 is 71.3 Å². The fourth-order valence-electron chi connectivity index (χ4n) is 7.64. The molecule has 4 bridgehead atoms. The van der Waals surface area contributed by atoms with Gasteiger partial charge in [0.25, 0.3) is 11.7 Å². The summed E-state index contributed by atoms with van der Waals surface area (Å²) in [5.41, 5.74) is 2.27. The van der Waals surface area contributed by atoms with E-state index in [-0.39, 0.29) is 55.7 Å². The topological polar surface area (TPSA) is 192 Å². The number of Topliss-reactive ketones (excluding diaryl/α,β-unsaturated/α-hetero) is 1. The Morgan fingerprint density at radius 1 is 0.926 bits per heavy atom. The van der Waals surface area contributed by atoms with Crippen LogP contribution in [0.1, 0.15) is 63.0 Å². The number of allylic oxidation sites excluding steroid dienone is 2. The summed E-state index contributed by atoms with van der Waals surface area (Å²) in [5, 5.41) is 60.2. The van der Waals surface area contributed by atoms with Crippen molar-refractivity contribution in [2.24, 2.45) is 23.7 Å². The molecule has 13 heteroatoms. The number of aliphatic hydroxyl groups is 3. The van der Waals surface area contributed by atoms with Crippen molar-refractivity contribution in [3.05, 3.63) is 71.2 Å². The fourth-order valence-corrected chi connectivity index (χ4v) is 7.64. The number of nitrogens with one attached hydrogen (secondary N) is 1. The number of aromatic nitrogens is 2. The van der Waals surface area contributed by atoms with E-state index in [1.165, 1.54) is 26.4 Å². The first kappa shape index (κ1) is 38.8. The average molecular weight is 744 g/mol. The molecular formula is C41H49N3O10. The number of hydrogen-bond donors (Lipinski definition) is 6. The number of rotatable bonds is 1. The number of pyridine rings is 1. The van der Waals surface area contributed by atoms with Crippen molar-refractivity contribution < 1.29 is 49.3 Å². The van der Waals surface area contributed by atoms with Crippen LogP contribution < -0.4 is 10.1 Å². The molecule has 6 N–H and O–H groups in total. The van der Waals surface area contributed by atoms with Gasteiger partial charge in [-0.3, -0.25) is 14.0 Å².